The molecule has 1 heterocycles. The molecule has 0 radical (unpaired) electrons. The average molecular weight is 331 g/mol. The van der Waals surface area contributed by atoms with Crippen LogP contribution >= 0.6 is 0 Å². The van der Waals surface area contributed by atoms with E-state index in [2.05, 4.69) is 0 Å². The first-order chi connectivity index (χ1) is 10.9. The smallest absolute Gasteiger partial charge is 0.347 e. The van der Waals surface area contributed by atoms with Gasteiger partial charge in [0.1, 0.15) is 12.7 Å². The summed E-state index contributed by atoms with van der Waals surface area (Å²) in [6.45, 7) is 1.72. The summed E-state index contributed by atoms with van der Waals surface area (Å²) < 4.78 is 14.9. The molecule has 0 aromatic heterocycles. The number of hydrogen-bond donors (Lipinski definition) is 0. The van der Waals surface area contributed by atoms with E-state index >= 15 is 0 Å². The summed E-state index contributed by atoms with van der Waals surface area (Å²) in [6.07, 6.45) is -0.380. The topological polar surface area (TPSA) is 108 Å². The Morgan fingerprint density at radius 1 is 1.09 bits per heavy atom. The number of methoxy groups -OCH3 is 2. The third-order valence-corrected chi connectivity index (χ3v) is 3.26. The zero-order valence-electron chi connectivity index (χ0n) is 13.4. The largest absolute Gasteiger partial charge is 0.462 e. The van der Waals surface area contributed by atoms with E-state index in [1.807, 2.05) is 0 Å². The molecule has 1 rings (SSSR count). The van der Waals surface area contributed by atoms with Crippen molar-refractivity contribution in [3.63, 3.8) is 0 Å². The number of rotatable bonds is 9. The van der Waals surface area contributed by atoms with E-state index in [0.29, 0.717) is 5.06 Å². The maximum Gasteiger partial charge on any atom is 0.347 e. The maximum absolute atomic E-state index is 12.0. The quantitative estimate of drug-likeness (QED) is 0.325. The third-order valence-electron chi connectivity index (χ3n) is 3.26. The van der Waals surface area contributed by atoms with E-state index in [1.165, 1.54) is 14.2 Å². The second kappa shape index (κ2) is 9.21. The third kappa shape index (κ3) is 5.29. The van der Waals surface area contributed by atoms with Gasteiger partial charge in [-0.15, -0.1) is 5.06 Å². The summed E-state index contributed by atoms with van der Waals surface area (Å²) in [5.74, 6) is -4.25. The van der Waals surface area contributed by atoms with Crippen molar-refractivity contribution < 1.29 is 38.2 Å². The molecule has 0 spiro atoms. The molecule has 0 aromatic rings. The molecule has 0 aliphatic carbocycles. The van der Waals surface area contributed by atoms with Crippen LogP contribution < -0.4 is 0 Å². The number of ether oxygens (including phenoxy) is 3. The highest BCUT2D eigenvalue weighted by Crippen LogP contribution is 2.16. The number of hydrogen-bond acceptors (Lipinski definition) is 8. The van der Waals surface area contributed by atoms with Gasteiger partial charge in [-0.1, -0.05) is 6.92 Å². The van der Waals surface area contributed by atoms with Crippen molar-refractivity contribution >= 4 is 23.8 Å². The van der Waals surface area contributed by atoms with E-state index in [4.69, 9.17) is 19.0 Å². The van der Waals surface area contributed by atoms with Crippen LogP contribution in [0.15, 0.2) is 0 Å². The summed E-state index contributed by atoms with van der Waals surface area (Å²) >= 11 is 0. The summed E-state index contributed by atoms with van der Waals surface area (Å²) in [6, 6.07) is 0. The van der Waals surface area contributed by atoms with E-state index in [0.717, 1.165) is 0 Å². The molecular weight excluding hydrogens is 310 g/mol. The molecule has 2 unspecified atom stereocenters. The van der Waals surface area contributed by atoms with Gasteiger partial charge >= 0.3 is 11.9 Å². The van der Waals surface area contributed by atoms with Gasteiger partial charge in [-0.05, 0) is 6.42 Å². The molecule has 0 N–H and O–H groups in total. The van der Waals surface area contributed by atoms with Crippen molar-refractivity contribution in [1.29, 1.82) is 0 Å². The minimum Gasteiger partial charge on any atom is -0.462 e. The van der Waals surface area contributed by atoms with E-state index in [-0.39, 0.29) is 32.5 Å². The summed E-state index contributed by atoms with van der Waals surface area (Å²) in [7, 11) is 2.91. The van der Waals surface area contributed by atoms with Crippen LogP contribution in [0.2, 0.25) is 0 Å². The highest BCUT2D eigenvalue weighted by Gasteiger charge is 2.37. The van der Waals surface area contributed by atoms with Crippen LogP contribution in [0.1, 0.15) is 26.2 Å². The van der Waals surface area contributed by atoms with Crippen molar-refractivity contribution in [3.05, 3.63) is 0 Å². The van der Waals surface area contributed by atoms with Gasteiger partial charge in [0.25, 0.3) is 11.8 Å². The Morgan fingerprint density at radius 3 is 2.17 bits per heavy atom. The lowest BCUT2D eigenvalue weighted by Gasteiger charge is -2.19. The highest BCUT2D eigenvalue weighted by molar-refractivity contribution is 6.03. The molecule has 130 valence electrons. The molecule has 1 aliphatic heterocycles. The first-order valence-corrected chi connectivity index (χ1v) is 7.20. The van der Waals surface area contributed by atoms with Crippen LogP contribution in [0.4, 0.5) is 0 Å². The molecule has 0 bridgehead atoms. The van der Waals surface area contributed by atoms with Crippen LogP contribution in [-0.4, -0.2) is 62.4 Å². The van der Waals surface area contributed by atoms with Gasteiger partial charge in [0, 0.05) is 27.1 Å². The monoisotopic (exact) mass is 331 g/mol. The SMILES string of the molecule is CCC(C(=O)OCC(COC)OC)C(=O)ON1C(=O)CCC1=O. The van der Waals surface area contributed by atoms with Gasteiger partial charge in [0.15, 0.2) is 5.92 Å². The second-order valence-electron chi connectivity index (χ2n) is 4.90. The van der Waals surface area contributed by atoms with Crippen LogP contribution in [0, 0.1) is 5.92 Å². The summed E-state index contributed by atoms with van der Waals surface area (Å²) in [5.41, 5.74) is 0. The maximum atomic E-state index is 12.0. The number of carbonyl (C=O) groups excluding carboxylic acids is 4. The van der Waals surface area contributed by atoms with Gasteiger partial charge < -0.3 is 19.0 Å². The number of esters is 1. The van der Waals surface area contributed by atoms with Gasteiger partial charge in [-0.3, -0.25) is 14.4 Å². The first kappa shape index (κ1) is 19.0. The molecule has 23 heavy (non-hydrogen) atoms. The molecule has 1 saturated heterocycles. The average Bonchev–Trinajstić information content (AvgIpc) is 2.84. The molecule has 1 fully saturated rings. The molecule has 9 heteroatoms. The fourth-order valence-corrected chi connectivity index (χ4v) is 1.89. The number of nitrogens with zero attached hydrogens (tertiary/aromatic N) is 1. The van der Waals surface area contributed by atoms with E-state index < -0.39 is 35.8 Å². The minimum absolute atomic E-state index is 0.0140. The van der Waals surface area contributed by atoms with Crippen molar-refractivity contribution in [2.24, 2.45) is 5.92 Å². The predicted octanol–water partition coefficient (Wildman–Crippen LogP) is -0.176. The Labute approximate surface area is 133 Å². The summed E-state index contributed by atoms with van der Waals surface area (Å²) in [5, 5.41) is 0.404. The van der Waals surface area contributed by atoms with Crippen molar-refractivity contribution in [1.82, 2.24) is 5.06 Å². The van der Waals surface area contributed by atoms with Gasteiger partial charge in [-0.2, -0.15) is 0 Å². The molecule has 2 atom stereocenters. The van der Waals surface area contributed by atoms with Gasteiger partial charge in [0.05, 0.1) is 6.61 Å². The van der Waals surface area contributed by atoms with Crippen molar-refractivity contribution in [2.45, 2.75) is 32.3 Å². The van der Waals surface area contributed by atoms with E-state index in [1.54, 1.807) is 6.92 Å². The standard InChI is InChI=1S/C14H21NO8/c1-4-10(13(18)22-8-9(21-3)7-20-2)14(19)23-15-11(16)5-6-12(15)17/h9-10H,4-8H2,1-3H3. The number of imide groups is 1. The Morgan fingerprint density at radius 2 is 1.70 bits per heavy atom. The molecule has 1 aliphatic rings. The molecule has 2 amide bonds. The zero-order chi connectivity index (χ0) is 17.4. The second-order valence-corrected chi connectivity index (χ2v) is 4.90. The Bertz CT molecular complexity index is 448. The molecule has 0 saturated carbocycles. The van der Waals surface area contributed by atoms with Crippen LogP contribution in [0.25, 0.3) is 0 Å². The highest BCUT2D eigenvalue weighted by atomic mass is 16.7. The molecule has 0 aromatic carbocycles. The van der Waals surface area contributed by atoms with Crippen molar-refractivity contribution in [3.8, 4) is 0 Å². The first-order valence-electron chi connectivity index (χ1n) is 7.20. The van der Waals surface area contributed by atoms with Crippen LogP contribution in [-0.2, 0) is 38.2 Å². The lowest BCUT2D eigenvalue weighted by atomic mass is 10.1. The van der Waals surface area contributed by atoms with E-state index in [9.17, 15) is 19.2 Å². The zero-order valence-corrected chi connectivity index (χ0v) is 13.4. The molecular formula is C14H21NO8. The van der Waals surface area contributed by atoms with Gasteiger partial charge in [0.2, 0.25) is 0 Å². The van der Waals surface area contributed by atoms with Crippen LogP contribution in [0.3, 0.4) is 0 Å². The fraction of sp³-hybridized carbons (Fsp3) is 0.714. The Balaban J connectivity index is 2.56. The number of hydroxylamine groups is 2. The molecule has 9 nitrogen and oxygen atoms in total. The lowest BCUT2D eigenvalue weighted by Crippen LogP contribution is -2.38. The van der Waals surface area contributed by atoms with Crippen molar-refractivity contribution in [2.75, 3.05) is 27.4 Å². The minimum atomic E-state index is -1.23. The van der Waals surface area contributed by atoms with Gasteiger partial charge in [-0.25, -0.2) is 4.79 Å². The normalized spacial score (nSPS) is 17.1. The number of amides is 2. The summed E-state index contributed by atoms with van der Waals surface area (Å²) in [4.78, 5) is 51.5. The fourth-order valence-electron chi connectivity index (χ4n) is 1.89. The van der Waals surface area contributed by atoms with Crippen LogP contribution in [0.5, 0.6) is 0 Å². The predicted molar refractivity (Wildman–Crippen MR) is 74.6 cm³/mol. The number of carbonyl (C=O) groups is 4. The Hall–Kier alpha value is -2.00. The lowest BCUT2D eigenvalue weighted by molar-refractivity contribution is -0.203. The Kier molecular flexibility index (Phi) is 7.63.